The summed E-state index contributed by atoms with van der Waals surface area (Å²) in [4.78, 5) is 0. The Morgan fingerprint density at radius 3 is 2.09 bits per heavy atom. The number of hydrogen-bond donors (Lipinski definition) is 1. The van der Waals surface area contributed by atoms with E-state index in [9.17, 15) is 8.78 Å². The molecule has 0 rings (SSSR count). The second kappa shape index (κ2) is 7.88. The summed E-state index contributed by atoms with van der Waals surface area (Å²) in [5.74, 6) is -2.78. The van der Waals surface area contributed by atoms with Crippen molar-refractivity contribution in [2.24, 2.45) is 0 Å². The lowest BCUT2D eigenvalue weighted by Crippen LogP contribution is -2.19. The van der Waals surface area contributed by atoms with Crippen LogP contribution < -0.4 is 0 Å². The Balaban J connectivity index is 0. The van der Waals surface area contributed by atoms with Crippen LogP contribution >= 0.6 is 0 Å². The molecule has 0 aliphatic rings. The highest BCUT2D eigenvalue weighted by Gasteiger charge is 2.20. The first-order valence-electron chi connectivity index (χ1n) is 3.63. The molecule has 0 bridgehead atoms. The van der Waals surface area contributed by atoms with Crippen LogP contribution in [0.3, 0.4) is 0 Å². The van der Waals surface area contributed by atoms with Crippen LogP contribution in [0, 0.1) is 0 Å². The van der Waals surface area contributed by atoms with E-state index in [2.05, 4.69) is 4.74 Å². The second-order valence-electron chi connectivity index (χ2n) is 1.85. The largest absolute Gasteiger partial charge is 0.394 e. The minimum Gasteiger partial charge on any atom is -0.394 e. The van der Waals surface area contributed by atoms with Gasteiger partial charge >= 0.3 is 0 Å². The highest BCUT2D eigenvalue weighted by Crippen LogP contribution is 2.10. The van der Waals surface area contributed by atoms with E-state index in [0.29, 0.717) is 0 Å². The molecule has 0 saturated heterocycles. The predicted octanol–water partition coefficient (Wildman–Crippen LogP) is 1.68. The van der Waals surface area contributed by atoms with Gasteiger partial charge in [-0.25, -0.2) is 8.78 Å². The molecule has 4 heteroatoms. The molecule has 0 aromatic carbocycles. The molecule has 1 N–H and O–H groups in total. The van der Waals surface area contributed by atoms with Crippen molar-refractivity contribution >= 4 is 0 Å². The topological polar surface area (TPSA) is 29.5 Å². The number of rotatable bonds is 4. The maximum Gasteiger partial charge on any atom is 0.268 e. The molecule has 2 nitrogen and oxygen atoms in total. The summed E-state index contributed by atoms with van der Waals surface area (Å²) in [7, 11) is 0. The van der Waals surface area contributed by atoms with E-state index in [1.807, 2.05) is 13.8 Å². The molecule has 70 valence electrons. The van der Waals surface area contributed by atoms with Crippen LogP contribution in [0.4, 0.5) is 8.78 Å². The van der Waals surface area contributed by atoms with Crippen molar-refractivity contribution in [1.82, 2.24) is 0 Å². The van der Waals surface area contributed by atoms with Gasteiger partial charge in [-0.05, 0) is 0 Å². The van der Waals surface area contributed by atoms with Gasteiger partial charge in [-0.15, -0.1) is 0 Å². The molecule has 0 spiro atoms. The maximum absolute atomic E-state index is 11.8. The molecule has 0 atom stereocenters. The van der Waals surface area contributed by atoms with Crippen molar-refractivity contribution < 1.29 is 18.6 Å². The van der Waals surface area contributed by atoms with E-state index in [4.69, 9.17) is 5.11 Å². The normalized spacial score (nSPS) is 10.4. The van der Waals surface area contributed by atoms with Crippen molar-refractivity contribution in [3.8, 4) is 0 Å². The van der Waals surface area contributed by atoms with E-state index in [1.54, 1.807) is 0 Å². The smallest absolute Gasteiger partial charge is 0.268 e. The lowest BCUT2D eigenvalue weighted by molar-refractivity contribution is -0.0676. The molecular formula is C7H16F2O2. The summed E-state index contributed by atoms with van der Waals surface area (Å²) in [6.07, 6.45) is 0. The third-order valence-corrected chi connectivity index (χ3v) is 0.591. The van der Waals surface area contributed by atoms with Crippen molar-refractivity contribution in [1.29, 1.82) is 0 Å². The van der Waals surface area contributed by atoms with Crippen LogP contribution in [0.2, 0.25) is 0 Å². The van der Waals surface area contributed by atoms with Crippen LogP contribution in [0.5, 0.6) is 0 Å². The van der Waals surface area contributed by atoms with Gasteiger partial charge < -0.3 is 9.84 Å². The van der Waals surface area contributed by atoms with Crippen LogP contribution in [0.25, 0.3) is 0 Å². The van der Waals surface area contributed by atoms with Crippen molar-refractivity contribution in [3.05, 3.63) is 0 Å². The van der Waals surface area contributed by atoms with Gasteiger partial charge in [0.25, 0.3) is 5.92 Å². The Kier molecular flexibility index (Phi) is 9.58. The zero-order valence-electron chi connectivity index (χ0n) is 7.23. The van der Waals surface area contributed by atoms with Gasteiger partial charge in [0, 0.05) is 6.92 Å². The minimum atomic E-state index is -2.78. The first kappa shape index (κ1) is 13.4. The van der Waals surface area contributed by atoms with Crippen molar-refractivity contribution in [2.75, 3.05) is 19.8 Å². The first-order valence-corrected chi connectivity index (χ1v) is 3.63. The molecule has 11 heavy (non-hydrogen) atoms. The number of ether oxygens (including phenoxy) is 1. The van der Waals surface area contributed by atoms with Crippen molar-refractivity contribution in [3.63, 3.8) is 0 Å². The third kappa shape index (κ3) is 17.7. The maximum atomic E-state index is 11.8. The number of hydrogen-bond acceptors (Lipinski definition) is 2. The van der Waals surface area contributed by atoms with Gasteiger partial charge in [0.05, 0.1) is 13.2 Å². The number of aliphatic hydroxyl groups is 1. The van der Waals surface area contributed by atoms with Gasteiger partial charge in [0.2, 0.25) is 0 Å². The molecule has 0 fully saturated rings. The second-order valence-corrected chi connectivity index (χ2v) is 1.85. The molecule has 0 aliphatic carbocycles. The Hall–Kier alpha value is -0.220. The fourth-order valence-electron chi connectivity index (χ4n) is 0.316. The Morgan fingerprint density at radius 2 is 1.82 bits per heavy atom. The van der Waals surface area contributed by atoms with Gasteiger partial charge in [0.15, 0.2) is 0 Å². The number of aliphatic hydroxyl groups excluding tert-OH is 1. The van der Waals surface area contributed by atoms with E-state index >= 15 is 0 Å². The molecule has 0 aromatic rings. The fourth-order valence-corrected chi connectivity index (χ4v) is 0.316. The summed E-state index contributed by atoms with van der Waals surface area (Å²) in [5.41, 5.74) is 0. The average molecular weight is 170 g/mol. The van der Waals surface area contributed by atoms with Gasteiger partial charge in [0.1, 0.15) is 6.61 Å². The SMILES string of the molecule is CC.CC(F)(F)COCCO. The summed E-state index contributed by atoms with van der Waals surface area (Å²) in [6, 6.07) is 0. The van der Waals surface area contributed by atoms with Gasteiger partial charge in [-0.3, -0.25) is 0 Å². The average Bonchev–Trinajstić information content (AvgIpc) is 1.90. The van der Waals surface area contributed by atoms with E-state index in [-0.39, 0.29) is 13.2 Å². The van der Waals surface area contributed by atoms with Crippen LogP contribution in [0.1, 0.15) is 20.8 Å². The third-order valence-electron chi connectivity index (χ3n) is 0.591. The first-order chi connectivity index (χ1) is 5.06. The fraction of sp³-hybridized carbons (Fsp3) is 1.00. The molecule has 0 unspecified atom stereocenters. The Bertz CT molecular complexity index is 71.3. The number of halogens is 2. The van der Waals surface area contributed by atoms with Crippen LogP contribution in [-0.2, 0) is 4.74 Å². The van der Waals surface area contributed by atoms with Crippen LogP contribution in [0.15, 0.2) is 0 Å². The lowest BCUT2D eigenvalue weighted by atomic mass is 10.4. The molecule has 0 saturated carbocycles. The molecule has 0 radical (unpaired) electrons. The highest BCUT2D eigenvalue weighted by molar-refractivity contribution is 4.53. The summed E-state index contributed by atoms with van der Waals surface area (Å²) >= 11 is 0. The quantitative estimate of drug-likeness (QED) is 0.650. The van der Waals surface area contributed by atoms with E-state index < -0.39 is 12.5 Å². The molecule has 0 aliphatic heterocycles. The zero-order chi connectivity index (χ0) is 9.33. The van der Waals surface area contributed by atoms with Gasteiger partial charge in [-0.1, -0.05) is 13.8 Å². The van der Waals surface area contributed by atoms with Crippen molar-refractivity contribution in [2.45, 2.75) is 26.7 Å². The molecule has 0 aromatic heterocycles. The molecular weight excluding hydrogens is 154 g/mol. The standard InChI is InChI=1S/C5H10F2O2.C2H6/c1-5(6,7)4-9-3-2-8;1-2/h8H,2-4H2,1H3;1-2H3. The summed E-state index contributed by atoms with van der Waals surface area (Å²) in [5, 5.41) is 8.09. The van der Waals surface area contributed by atoms with Crippen LogP contribution in [-0.4, -0.2) is 30.8 Å². The molecule has 0 heterocycles. The highest BCUT2D eigenvalue weighted by atomic mass is 19.3. The van der Waals surface area contributed by atoms with E-state index in [1.165, 1.54) is 0 Å². The zero-order valence-corrected chi connectivity index (χ0v) is 7.23. The Morgan fingerprint density at radius 1 is 1.36 bits per heavy atom. The Labute approximate surface area is 66.2 Å². The minimum absolute atomic E-state index is 0.0244. The summed E-state index contributed by atoms with van der Waals surface area (Å²) < 4.78 is 28.0. The van der Waals surface area contributed by atoms with Gasteiger partial charge in [-0.2, -0.15) is 0 Å². The summed E-state index contributed by atoms with van der Waals surface area (Å²) in [6.45, 7) is 3.91. The number of alkyl halides is 2. The predicted molar refractivity (Wildman–Crippen MR) is 39.9 cm³/mol. The lowest BCUT2D eigenvalue weighted by Gasteiger charge is -2.08. The monoisotopic (exact) mass is 170 g/mol. The molecule has 0 amide bonds. The van der Waals surface area contributed by atoms with E-state index in [0.717, 1.165) is 6.92 Å².